The summed E-state index contributed by atoms with van der Waals surface area (Å²) in [7, 11) is 0. The molecular weight excluding hydrogens is 466 g/mol. The highest BCUT2D eigenvalue weighted by atomic mass is 16.5. The van der Waals surface area contributed by atoms with E-state index in [0.29, 0.717) is 30.7 Å². The highest BCUT2D eigenvalue weighted by Crippen LogP contribution is 2.27. The fraction of sp³-hybridized carbons (Fsp3) is 0.310. The third-order valence-electron chi connectivity index (χ3n) is 7.25. The Morgan fingerprint density at radius 2 is 1.84 bits per heavy atom. The van der Waals surface area contributed by atoms with Crippen molar-refractivity contribution in [3.05, 3.63) is 95.4 Å². The van der Waals surface area contributed by atoms with Crippen molar-refractivity contribution in [3.8, 4) is 5.75 Å². The van der Waals surface area contributed by atoms with Crippen LogP contribution < -0.4 is 10.1 Å². The van der Waals surface area contributed by atoms with Gasteiger partial charge in [0, 0.05) is 38.3 Å². The molecule has 2 amide bonds. The molecule has 8 heteroatoms. The molecule has 0 bridgehead atoms. The molecule has 1 fully saturated rings. The van der Waals surface area contributed by atoms with Crippen molar-refractivity contribution in [3.63, 3.8) is 0 Å². The number of benzene rings is 2. The van der Waals surface area contributed by atoms with Gasteiger partial charge in [0.25, 0.3) is 5.91 Å². The van der Waals surface area contributed by atoms with Gasteiger partial charge in [0.05, 0.1) is 6.20 Å². The number of nitrogens with one attached hydrogen (secondary N) is 1. The summed E-state index contributed by atoms with van der Waals surface area (Å²) >= 11 is 0. The van der Waals surface area contributed by atoms with Gasteiger partial charge in [-0.2, -0.15) is 5.10 Å². The lowest BCUT2D eigenvalue weighted by Crippen LogP contribution is -2.48. The molecule has 188 valence electrons. The number of fused-ring (bicyclic) bond motifs is 2. The van der Waals surface area contributed by atoms with E-state index in [0.717, 1.165) is 37.0 Å². The topological polar surface area (TPSA) is 88.8 Å². The zero-order valence-electron chi connectivity index (χ0n) is 20.5. The number of carbonyl (C=O) groups is 2. The van der Waals surface area contributed by atoms with E-state index in [-0.39, 0.29) is 17.9 Å². The second-order valence-corrected chi connectivity index (χ2v) is 9.74. The van der Waals surface area contributed by atoms with Crippen molar-refractivity contribution in [2.24, 2.45) is 0 Å². The van der Waals surface area contributed by atoms with Crippen LogP contribution >= 0.6 is 0 Å². The van der Waals surface area contributed by atoms with Crippen LogP contribution in [-0.2, 0) is 24.2 Å². The smallest absolute Gasteiger partial charge is 0.260 e. The van der Waals surface area contributed by atoms with Crippen molar-refractivity contribution in [2.75, 3.05) is 6.54 Å². The van der Waals surface area contributed by atoms with Crippen molar-refractivity contribution < 1.29 is 14.3 Å². The Hall–Kier alpha value is -4.20. The third-order valence-corrected chi connectivity index (χ3v) is 7.25. The van der Waals surface area contributed by atoms with E-state index in [1.54, 1.807) is 27.9 Å². The first-order chi connectivity index (χ1) is 18.2. The Morgan fingerprint density at radius 3 is 2.62 bits per heavy atom. The van der Waals surface area contributed by atoms with E-state index in [9.17, 15) is 9.59 Å². The molecule has 6 rings (SSSR count). The van der Waals surface area contributed by atoms with Crippen LogP contribution in [0.4, 0.5) is 0 Å². The summed E-state index contributed by atoms with van der Waals surface area (Å²) in [5.41, 5.74) is 4.49. The van der Waals surface area contributed by atoms with Crippen LogP contribution in [0.15, 0.2) is 73.2 Å². The van der Waals surface area contributed by atoms with E-state index >= 15 is 0 Å². The van der Waals surface area contributed by atoms with Gasteiger partial charge in [-0.3, -0.25) is 9.59 Å². The molecule has 8 nitrogen and oxygen atoms in total. The first kappa shape index (κ1) is 23.2. The molecule has 2 aliphatic rings. The zero-order valence-corrected chi connectivity index (χ0v) is 20.5. The quantitative estimate of drug-likeness (QED) is 0.442. The monoisotopic (exact) mass is 495 g/mol. The molecule has 0 saturated carbocycles. The number of carbonyl (C=O) groups excluding carboxylic acids is 2. The Kier molecular flexibility index (Phi) is 6.30. The molecule has 1 N–H and O–H groups in total. The fourth-order valence-corrected chi connectivity index (χ4v) is 5.34. The number of ether oxygens (including phenoxy) is 1. The molecule has 2 aromatic carbocycles. The standard InChI is InChI=1S/C29H29N5O3/c35-28-26(8-3-4-13-31-28)33(29(36)25-18-32-34-15-5-14-30-27(25)34)19-20-9-11-23(12-10-20)37-24-16-21-6-1-2-7-22(21)17-24/h1-2,5-7,9-12,14-15,18,24,26H,3-4,8,13,16-17,19H2,(H,31,35)/t26-/m0/s1. The molecular formula is C29H29N5O3. The lowest BCUT2D eigenvalue weighted by atomic mass is 10.1. The predicted molar refractivity (Wildman–Crippen MR) is 138 cm³/mol. The molecule has 0 radical (unpaired) electrons. The van der Waals surface area contributed by atoms with Crippen molar-refractivity contribution in [2.45, 2.75) is 50.8 Å². The average molecular weight is 496 g/mol. The fourth-order valence-electron chi connectivity index (χ4n) is 5.34. The third kappa shape index (κ3) is 4.79. The van der Waals surface area contributed by atoms with Crippen LogP contribution in [0.5, 0.6) is 5.75 Å². The number of nitrogens with zero attached hydrogens (tertiary/aromatic N) is 4. The summed E-state index contributed by atoms with van der Waals surface area (Å²) in [6.07, 6.45) is 9.25. The Morgan fingerprint density at radius 1 is 1.05 bits per heavy atom. The van der Waals surface area contributed by atoms with E-state index < -0.39 is 6.04 Å². The van der Waals surface area contributed by atoms with Crippen LogP contribution in [0.3, 0.4) is 0 Å². The second kappa shape index (κ2) is 10.0. The summed E-state index contributed by atoms with van der Waals surface area (Å²) in [6.45, 7) is 0.933. The molecule has 1 atom stereocenters. The molecule has 37 heavy (non-hydrogen) atoms. The van der Waals surface area contributed by atoms with Gasteiger partial charge in [-0.15, -0.1) is 0 Å². The Labute approximate surface area is 215 Å². The molecule has 1 saturated heterocycles. The zero-order chi connectivity index (χ0) is 25.2. The van der Waals surface area contributed by atoms with E-state index in [4.69, 9.17) is 4.74 Å². The second-order valence-electron chi connectivity index (χ2n) is 9.74. The average Bonchev–Trinajstić information content (AvgIpc) is 3.47. The maximum atomic E-state index is 13.8. The SMILES string of the molecule is O=C1NCCCC[C@@H]1N(Cc1ccc(OC2Cc3ccccc3C2)cc1)C(=O)c1cnn2cccnc12. The lowest BCUT2D eigenvalue weighted by Gasteiger charge is -2.30. The molecule has 0 unspecified atom stereocenters. The molecule has 3 heterocycles. The molecule has 1 aliphatic heterocycles. The van der Waals surface area contributed by atoms with Crippen LogP contribution in [0, 0.1) is 0 Å². The predicted octanol–water partition coefficient (Wildman–Crippen LogP) is 3.59. The van der Waals surface area contributed by atoms with Gasteiger partial charge >= 0.3 is 0 Å². The van der Waals surface area contributed by atoms with Gasteiger partial charge in [0.2, 0.25) is 5.91 Å². The largest absolute Gasteiger partial charge is 0.490 e. The minimum atomic E-state index is -0.554. The minimum absolute atomic E-state index is 0.115. The molecule has 2 aromatic heterocycles. The summed E-state index contributed by atoms with van der Waals surface area (Å²) in [5.74, 6) is 0.439. The van der Waals surface area contributed by atoms with Crippen LogP contribution in [-0.4, -0.2) is 50.0 Å². The van der Waals surface area contributed by atoms with Crippen molar-refractivity contribution in [1.29, 1.82) is 0 Å². The van der Waals surface area contributed by atoms with Gasteiger partial charge in [-0.25, -0.2) is 9.50 Å². The Bertz CT molecular complexity index is 1410. The van der Waals surface area contributed by atoms with Crippen molar-refractivity contribution >= 4 is 17.5 Å². The number of aromatic nitrogens is 3. The Balaban J connectivity index is 1.22. The summed E-state index contributed by atoms with van der Waals surface area (Å²) < 4.78 is 7.83. The first-order valence-electron chi connectivity index (χ1n) is 12.8. The van der Waals surface area contributed by atoms with Gasteiger partial charge in [-0.1, -0.05) is 36.4 Å². The maximum Gasteiger partial charge on any atom is 0.260 e. The first-order valence-corrected chi connectivity index (χ1v) is 12.8. The van der Waals surface area contributed by atoms with Crippen LogP contribution in [0.2, 0.25) is 0 Å². The van der Waals surface area contributed by atoms with Crippen molar-refractivity contribution in [1.82, 2.24) is 24.8 Å². The van der Waals surface area contributed by atoms with Crippen LogP contribution in [0.25, 0.3) is 5.65 Å². The van der Waals surface area contributed by atoms with Gasteiger partial charge in [0.1, 0.15) is 23.5 Å². The highest BCUT2D eigenvalue weighted by Gasteiger charge is 2.33. The summed E-state index contributed by atoms with van der Waals surface area (Å²) in [4.78, 5) is 32.8. The lowest BCUT2D eigenvalue weighted by molar-refractivity contribution is -0.125. The molecule has 1 aliphatic carbocycles. The minimum Gasteiger partial charge on any atom is -0.490 e. The maximum absolute atomic E-state index is 13.8. The van der Waals surface area contributed by atoms with E-state index in [2.05, 4.69) is 39.7 Å². The highest BCUT2D eigenvalue weighted by molar-refractivity contribution is 6.01. The van der Waals surface area contributed by atoms with Crippen LogP contribution in [0.1, 0.15) is 46.3 Å². The number of hydrogen-bond acceptors (Lipinski definition) is 5. The number of amides is 2. The molecule has 4 aromatic rings. The van der Waals surface area contributed by atoms with Gasteiger partial charge < -0.3 is 15.0 Å². The summed E-state index contributed by atoms with van der Waals surface area (Å²) in [5, 5.41) is 7.24. The van der Waals surface area contributed by atoms with E-state index in [1.165, 1.54) is 17.3 Å². The van der Waals surface area contributed by atoms with Gasteiger partial charge in [0.15, 0.2) is 5.65 Å². The normalized spacial score (nSPS) is 17.7. The number of rotatable bonds is 6. The summed E-state index contributed by atoms with van der Waals surface area (Å²) in [6, 6.07) is 17.5. The number of hydrogen-bond donors (Lipinski definition) is 1. The van der Waals surface area contributed by atoms with Gasteiger partial charge in [-0.05, 0) is 54.2 Å². The molecule has 0 spiro atoms. The van der Waals surface area contributed by atoms with E-state index in [1.807, 2.05) is 24.3 Å².